The predicted molar refractivity (Wildman–Crippen MR) is 28.4 cm³/mol. The molecule has 0 saturated carbocycles. The summed E-state index contributed by atoms with van der Waals surface area (Å²) in [6.45, 7) is 1.53. The minimum atomic E-state index is 0.109. The summed E-state index contributed by atoms with van der Waals surface area (Å²) in [4.78, 5) is 9.96. The summed E-state index contributed by atoms with van der Waals surface area (Å²) in [5.41, 5.74) is 0. The Morgan fingerprint density at radius 3 is 2.33 bits per heavy atom. The normalized spacial score (nSPS) is 9.50. The average Bonchev–Trinajstić information content (AvgIpc) is 1.35. The molecule has 0 aromatic carbocycles. The summed E-state index contributed by atoms with van der Waals surface area (Å²) in [6.07, 6.45) is 1.53. The second kappa shape index (κ2) is 2.70. The largest absolute Gasteiger partial charge is 0.295 e. The van der Waals surface area contributed by atoms with Gasteiger partial charge in [0.05, 0.1) is 0 Å². The van der Waals surface area contributed by atoms with Crippen molar-refractivity contribution in [3.8, 4) is 0 Å². The molecule has 6 heavy (non-hydrogen) atoms. The van der Waals surface area contributed by atoms with E-state index in [9.17, 15) is 4.79 Å². The van der Waals surface area contributed by atoms with Crippen LogP contribution in [-0.4, -0.2) is 13.6 Å². The van der Waals surface area contributed by atoms with E-state index >= 15 is 0 Å². The standard InChI is InChI=1S/C4H7BO/c1-4(6)2-3-5/h2-3H,5H2,1H3/b3-2+. The van der Waals surface area contributed by atoms with Crippen molar-refractivity contribution >= 4 is 13.6 Å². The van der Waals surface area contributed by atoms with E-state index in [4.69, 9.17) is 0 Å². The van der Waals surface area contributed by atoms with Crippen molar-refractivity contribution < 1.29 is 4.79 Å². The minimum absolute atomic E-state index is 0.109. The van der Waals surface area contributed by atoms with Gasteiger partial charge in [-0.05, 0) is 13.0 Å². The van der Waals surface area contributed by atoms with E-state index in [1.807, 2.05) is 7.85 Å². The maximum atomic E-state index is 9.96. The first kappa shape index (κ1) is 5.47. The number of hydrogen-bond acceptors (Lipinski definition) is 1. The van der Waals surface area contributed by atoms with E-state index in [1.54, 1.807) is 5.98 Å². The average molecular weight is 81.9 g/mol. The molecule has 0 aliphatic carbocycles. The third-order valence-corrected chi connectivity index (χ3v) is 0.401. The van der Waals surface area contributed by atoms with Crippen LogP contribution in [0.1, 0.15) is 6.92 Å². The Bertz CT molecular complexity index is 75.6. The lowest BCUT2D eigenvalue weighted by Gasteiger charge is -1.68. The van der Waals surface area contributed by atoms with E-state index < -0.39 is 0 Å². The molecule has 0 saturated heterocycles. The maximum Gasteiger partial charge on any atom is 0.151 e. The number of allylic oxidation sites excluding steroid dienone is 1. The molecule has 32 valence electrons. The zero-order valence-electron chi connectivity index (χ0n) is 4.06. The molecule has 0 fully saturated rings. The van der Waals surface area contributed by atoms with Crippen molar-refractivity contribution in [2.24, 2.45) is 0 Å². The monoisotopic (exact) mass is 82.1 g/mol. The molecule has 2 heteroatoms. The molecule has 0 unspecified atom stereocenters. The third kappa shape index (κ3) is 3.47. The van der Waals surface area contributed by atoms with Crippen LogP contribution in [0.3, 0.4) is 0 Å². The van der Waals surface area contributed by atoms with Gasteiger partial charge in [-0.2, -0.15) is 0 Å². The van der Waals surface area contributed by atoms with E-state index in [0.717, 1.165) is 0 Å². The van der Waals surface area contributed by atoms with Crippen LogP contribution >= 0.6 is 0 Å². The first-order chi connectivity index (χ1) is 2.77. The summed E-state index contributed by atoms with van der Waals surface area (Å²) in [7, 11) is 1.82. The Kier molecular flexibility index (Phi) is 2.46. The Morgan fingerprint density at radius 1 is 1.83 bits per heavy atom. The lowest BCUT2D eigenvalue weighted by molar-refractivity contribution is -0.112. The van der Waals surface area contributed by atoms with Crippen molar-refractivity contribution in [1.82, 2.24) is 0 Å². The lowest BCUT2D eigenvalue weighted by atomic mass is 10.1. The summed E-state index contributed by atoms with van der Waals surface area (Å²) in [5, 5.41) is 0. The second-order valence-corrected chi connectivity index (χ2v) is 1.11. The number of ketones is 1. The molecule has 0 heterocycles. The highest BCUT2D eigenvalue weighted by molar-refractivity contribution is 6.18. The molecule has 0 aliphatic heterocycles. The van der Waals surface area contributed by atoms with Crippen LogP contribution in [0.2, 0.25) is 0 Å². The quantitative estimate of drug-likeness (QED) is 0.314. The van der Waals surface area contributed by atoms with Crippen molar-refractivity contribution in [2.45, 2.75) is 6.92 Å². The smallest absolute Gasteiger partial charge is 0.151 e. The third-order valence-electron chi connectivity index (χ3n) is 0.401. The van der Waals surface area contributed by atoms with Gasteiger partial charge in [0.15, 0.2) is 5.78 Å². The van der Waals surface area contributed by atoms with Gasteiger partial charge < -0.3 is 0 Å². The molecule has 0 aromatic rings. The van der Waals surface area contributed by atoms with Gasteiger partial charge in [0.2, 0.25) is 0 Å². The van der Waals surface area contributed by atoms with Gasteiger partial charge in [0.25, 0.3) is 0 Å². The van der Waals surface area contributed by atoms with E-state index in [1.165, 1.54) is 13.0 Å². The van der Waals surface area contributed by atoms with Gasteiger partial charge >= 0.3 is 0 Å². The van der Waals surface area contributed by atoms with Crippen LogP contribution in [0, 0.1) is 0 Å². The number of carbonyl (C=O) groups is 1. The van der Waals surface area contributed by atoms with Gasteiger partial charge in [-0.3, -0.25) is 4.79 Å². The number of hydrogen-bond donors (Lipinski definition) is 0. The molecule has 0 aromatic heterocycles. The van der Waals surface area contributed by atoms with Crippen LogP contribution in [0.4, 0.5) is 0 Å². The molecule has 0 aliphatic rings. The fraction of sp³-hybridized carbons (Fsp3) is 0.250. The topological polar surface area (TPSA) is 17.1 Å². The van der Waals surface area contributed by atoms with Crippen LogP contribution in [-0.2, 0) is 4.79 Å². The zero-order chi connectivity index (χ0) is 4.99. The van der Waals surface area contributed by atoms with Crippen LogP contribution < -0.4 is 0 Å². The molecule has 0 bridgehead atoms. The van der Waals surface area contributed by atoms with Gasteiger partial charge in [0, 0.05) is 0 Å². The lowest BCUT2D eigenvalue weighted by Crippen LogP contribution is -1.77. The molecular formula is C4H7BO. The van der Waals surface area contributed by atoms with Gasteiger partial charge in [-0.15, -0.1) is 5.98 Å². The van der Waals surface area contributed by atoms with Crippen molar-refractivity contribution in [3.05, 3.63) is 12.1 Å². The fourth-order valence-corrected chi connectivity index (χ4v) is 0.235. The molecule has 1 nitrogen and oxygen atoms in total. The Morgan fingerprint density at radius 2 is 2.33 bits per heavy atom. The second-order valence-electron chi connectivity index (χ2n) is 1.11. The van der Waals surface area contributed by atoms with Gasteiger partial charge in [0.1, 0.15) is 7.85 Å². The van der Waals surface area contributed by atoms with Crippen molar-refractivity contribution in [1.29, 1.82) is 0 Å². The molecule has 0 N–H and O–H groups in total. The Labute approximate surface area is 38.5 Å². The summed E-state index contributed by atoms with van der Waals surface area (Å²) >= 11 is 0. The summed E-state index contributed by atoms with van der Waals surface area (Å²) < 4.78 is 0. The van der Waals surface area contributed by atoms with Gasteiger partial charge in [-0.1, -0.05) is 0 Å². The molecular weight excluding hydrogens is 74.9 g/mol. The van der Waals surface area contributed by atoms with Gasteiger partial charge in [-0.25, -0.2) is 0 Å². The zero-order valence-corrected chi connectivity index (χ0v) is 4.06. The highest BCUT2D eigenvalue weighted by Crippen LogP contribution is 1.66. The Balaban J connectivity index is 3.30. The highest BCUT2D eigenvalue weighted by Gasteiger charge is 1.72. The fourth-order valence-electron chi connectivity index (χ4n) is 0.235. The first-order valence-electron chi connectivity index (χ1n) is 1.90. The maximum absolute atomic E-state index is 9.96. The first-order valence-corrected chi connectivity index (χ1v) is 1.90. The van der Waals surface area contributed by atoms with Crippen molar-refractivity contribution in [3.63, 3.8) is 0 Å². The summed E-state index contributed by atoms with van der Waals surface area (Å²) in [6, 6.07) is 0. The summed E-state index contributed by atoms with van der Waals surface area (Å²) in [5.74, 6) is 1.83. The molecule has 0 radical (unpaired) electrons. The SMILES string of the molecule is B/C=C/C(C)=O. The highest BCUT2D eigenvalue weighted by atomic mass is 16.1. The predicted octanol–water partition coefficient (Wildman–Crippen LogP) is -0.278. The molecule has 0 spiro atoms. The molecule has 0 rings (SSSR count). The van der Waals surface area contributed by atoms with E-state index in [0.29, 0.717) is 0 Å². The Hall–Kier alpha value is -0.525. The number of carbonyl (C=O) groups excluding carboxylic acids is 1. The minimum Gasteiger partial charge on any atom is -0.295 e. The van der Waals surface area contributed by atoms with Crippen LogP contribution in [0.5, 0.6) is 0 Å². The van der Waals surface area contributed by atoms with Crippen molar-refractivity contribution in [2.75, 3.05) is 0 Å². The molecule has 0 atom stereocenters. The van der Waals surface area contributed by atoms with E-state index in [2.05, 4.69) is 0 Å². The molecule has 0 amide bonds. The van der Waals surface area contributed by atoms with E-state index in [-0.39, 0.29) is 5.78 Å². The van der Waals surface area contributed by atoms with Crippen LogP contribution in [0.25, 0.3) is 0 Å². The van der Waals surface area contributed by atoms with Crippen LogP contribution in [0.15, 0.2) is 12.1 Å². The number of rotatable bonds is 1.